The Kier molecular flexibility index (Phi) is 5.58. The third-order valence-corrected chi connectivity index (χ3v) is 3.93. The SMILES string of the molecule is CC(C)(CCc1ccc(O)cc1)NC[C@H](O)c1ccccc1. The molecule has 0 unspecified atom stereocenters. The third-order valence-electron chi connectivity index (χ3n) is 3.93. The van der Waals surface area contributed by atoms with Gasteiger partial charge in [0.15, 0.2) is 0 Å². The van der Waals surface area contributed by atoms with Crippen LogP contribution in [0.4, 0.5) is 0 Å². The molecule has 1 atom stereocenters. The Morgan fingerprint density at radius 1 is 1.00 bits per heavy atom. The van der Waals surface area contributed by atoms with Gasteiger partial charge in [0.25, 0.3) is 0 Å². The predicted octanol–water partition coefficient (Wildman–Crippen LogP) is 3.43. The number of aryl methyl sites for hydroxylation is 1. The van der Waals surface area contributed by atoms with Crippen LogP contribution < -0.4 is 5.32 Å². The van der Waals surface area contributed by atoms with Crippen LogP contribution in [0.25, 0.3) is 0 Å². The molecule has 0 saturated carbocycles. The molecule has 0 radical (unpaired) electrons. The summed E-state index contributed by atoms with van der Waals surface area (Å²) in [5.41, 5.74) is 2.08. The van der Waals surface area contributed by atoms with Crippen molar-refractivity contribution in [2.24, 2.45) is 0 Å². The number of hydrogen-bond donors (Lipinski definition) is 3. The number of aromatic hydroxyl groups is 1. The van der Waals surface area contributed by atoms with Crippen LogP contribution in [0.3, 0.4) is 0 Å². The van der Waals surface area contributed by atoms with E-state index in [9.17, 15) is 10.2 Å². The molecule has 2 aromatic rings. The second-order valence-corrected chi connectivity index (χ2v) is 6.36. The van der Waals surface area contributed by atoms with Crippen molar-refractivity contribution >= 4 is 0 Å². The van der Waals surface area contributed by atoms with Gasteiger partial charge in [-0.2, -0.15) is 0 Å². The summed E-state index contributed by atoms with van der Waals surface area (Å²) in [4.78, 5) is 0. The maximum Gasteiger partial charge on any atom is 0.115 e. The van der Waals surface area contributed by atoms with E-state index in [2.05, 4.69) is 19.2 Å². The summed E-state index contributed by atoms with van der Waals surface area (Å²) in [6, 6.07) is 17.0. The Bertz CT molecular complexity index is 564. The lowest BCUT2D eigenvalue weighted by Gasteiger charge is -2.28. The van der Waals surface area contributed by atoms with Crippen molar-refractivity contribution in [3.05, 3.63) is 65.7 Å². The highest BCUT2D eigenvalue weighted by molar-refractivity contribution is 5.26. The fraction of sp³-hybridized carbons (Fsp3) is 0.368. The van der Waals surface area contributed by atoms with Crippen LogP contribution in [0.2, 0.25) is 0 Å². The molecule has 0 aliphatic heterocycles. The minimum absolute atomic E-state index is 0.0619. The van der Waals surface area contributed by atoms with Crippen LogP contribution >= 0.6 is 0 Å². The quantitative estimate of drug-likeness (QED) is 0.734. The third kappa shape index (κ3) is 5.17. The summed E-state index contributed by atoms with van der Waals surface area (Å²) in [7, 11) is 0. The lowest BCUT2D eigenvalue weighted by atomic mass is 9.94. The predicted molar refractivity (Wildman–Crippen MR) is 89.9 cm³/mol. The molecule has 3 nitrogen and oxygen atoms in total. The smallest absolute Gasteiger partial charge is 0.115 e. The van der Waals surface area contributed by atoms with Crippen LogP contribution in [-0.4, -0.2) is 22.3 Å². The summed E-state index contributed by atoms with van der Waals surface area (Å²) in [5.74, 6) is 0.298. The van der Waals surface area contributed by atoms with Crippen LogP contribution in [0.5, 0.6) is 5.75 Å². The van der Waals surface area contributed by atoms with E-state index < -0.39 is 6.10 Å². The number of benzene rings is 2. The number of nitrogens with one attached hydrogen (secondary N) is 1. The zero-order valence-electron chi connectivity index (χ0n) is 13.3. The van der Waals surface area contributed by atoms with Gasteiger partial charge in [-0.15, -0.1) is 0 Å². The Hall–Kier alpha value is -1.84. The average Bonchev–Trinajstić information content (AvgIpc) is 2.53. The molecule has 0 fully saturated rings. The van der Waals surface area contributed by atoms with Gasteiger partial charge in [0, 0.05) is 12.1 Å². The van der Waals surface area contributed by atoms with E-state index in [1.165, 1.54) is 5.56 Å². The molecule has 2 rings (SSSR count). The highest BCUT2D eigenvalue weighted by Crippen LogP contribution is 2.18. The molecule has 0 aromatic heterocycles. The molecule has 3 N–H and O–H groups in total. The maximum atomic E-state index is 10.2. The molecule has 22 heavy (non-hydrogen) atoms. The molecule has 0 spiro atoms. The molecule has 2 aromatic carbocycles. The standard InChI is InChI=1S/C19H25NO2/c1-19(2,13-12-15-8-10-17(21)11-9-15)20-14-18(22)16-6-4-3-5-7-16/h3-11,18,20-22H,12-14H2,1-2H3/t18-/m0/s1. The highest BCUT2D eigenvalue weighted by Gasteiger charge is 2.19. The largest absolute Gasteiger partial charge is 0.508 e. The average molecular weight is 299 g/mol. The van der Waals surface area contributed by atoms with Gasteiger partial charge < -0.3 is 15.5 Å². The van der Waals surface area contributed by atoms with Crippen molar-refractivity contribution in [1.82, 2.24) is 5.32 Å². The van der Waals surface area contributed by atoms with Gasteiger partial charge in [-0.1, -0.05) is 42.5 Å². The van der Waals surface area contributed by atoms with Gasteiger partial charge in [-0.05, 0) is 49.9 Å². The van der Waals surface area contributed by atoms with E-state index in [1.54, 1.807) is 12.1 Å². The second-order valence-electron chi connectivity index (χ2n) is 6.36. The molecule has 0 heterocycles. The molecule has 0 saturated heterocycles. The number of aliphatic hydroxyl groups is 1. The second kappa shape index (κ2) is 7.43. The summed E-state index contributed by atoms with van der Waals surface area (Å²) < 4.78 is 0. The minimum atomic E-state index is -0.492. The van der Waals surface area contributed by atoms with E-state index in [0.717, 1.165) is 18.4 Å². The van der Waals surface area contributed by atoms with Crippen molar-refractivity contribution in [2.45, 2.75) is 38.3 Å². The van der Waals surface area contributed by atoms with E-state index >= 15 is 0 Å². The first-order chi connectivity index (χ1) is 10.5. The number of β-amino-alcohol motifs (C(OH)–C–C–N with tert-alkyl or cyclic N) is 1. The van der Waals surface area contributed by atoms with E-state index in [0.29, 0.717) is 12.3 Å². The van der Waals surface area contributed by atoms with Gasteiger partial charge in [-0.25, -0.2) is 0 Å². The fourth-order valence-corrected chi connectivity index (χ4v) is 2.37. The Morgan fingerprint density at radius 3 is 2.27 bits per heavy atom. The van der Waals surface area contributed by atoms with E-state index in [4.69, 9.17) is 0 Å². The van der Waals surface area contributed by atoms with Gasteiger partial charge in [0.05, 0.1) is 6.10 Å². The summed E-state index contributed by atoms with van der Waals surface area (Å²) in [5, 5.41) is 22.9. The molecule has 0 aliphatic carbocycles. The maximum absolute atomic E-state index is 10.2. The number of phenols is 1. The lowest BCUT2D eigenvalue weighted by molar-refractivity contribution is 0.159. The minimum Gasteiger partial charge on any atom is -0.508 e. The van der Waals surface area contributed by atoms with Gasteiger partial charge in [0.1, 0.15) is 5.75 Å². The molecule has 0 bridgehead atoms. The van der Waals surface area contributed by atoms with Crippen LogP contribution in [0.15, 0.2) is 54.6 Å². The van der Waals surface area contributed by atoms with Crippen molar-refractivity contribution < 1.29 is 10.2 Å². The van der Waals surface area contributed by atoms with Crippen molar-refractivity contribution in [1.29, 1.82) is 0 Å². The molecule has 0 amide bonds. The summed E-state index contributed by atoms with van der Waals surface area (Å²) in [6.07, 6.45) is 1.40. The van der Waals surface area contributed by atoms with Crippen LogP contribution in [-0.2, 0) is 6.42 Å². The van der Waals surface area contributed by atoms with Gasteiger partial charge >= 0.3 is 0 Å². The van der Waals surface area contributed by atoms with Gasteiger partial charge in [0.2, 0.25) is 0 Å². The van der Waals surface area contributed by atoms with Gasteiger partial charge in [-0.3, -0.25) is 0 Å². The topological polar surface area (TPSA) is 52.5 Å². The molecular formula is C19H25NO2. The summed E-state index contributed by atoms with van der Waals surface area (Å²) >= 11 is 0. The summed E-state index contributed by atoms with van der Waals surface area (Å²) in [6.45, 7) is 4.82. The fourth-order valence-electron chi connectivity index (χ4n) is 2.37. The normalized spacial score (nSPS) is 13.0. The van der Waals surface area contributed by atoms with Crippen molar-refractivity contribution in [2.75, 3.05) is 6.54 Å². The molecule has 118 valence electrons. The monoisotopic (exact) mass is 299 g/mol. The van der Waals surface area contributed by atoms with Crippen molar-refractivity contribution in [3.8, 4) is 5.75 Å². The number of hydrogen-bond acceptors (Lipinski definition) is 3. The first-order valence-corrected chi connectivity index (χ1v) is 7.72. The van der Waals surface area contributed by atoms with Crippen molar-refractivity contribution in [3.63, 3.8) is 0 Å². The molecule has 0 aliphatic rings. The Labute approximate surface area is 132 Å². The first kappa shape index (κ1) is 16.5. The Balaban J connectivity index is 1.81. The molecule has 3 heteroatoms. The zero-order chi connectivity index (χ0) is 16.0. The van der Waals surface area contributed by atoms with E-state index in [1.807, 2.05) is 42.5 Å². The lowest BCUT2D eigenvalue weighted by Crippen LogP contribution is -2.41. The Morgan fingerprint density at radius 2 is 1.64 bits per heavy atom. The number of rotatable bonds is 7. The van der Waals surface area contributed by atoms with E-state index in [-0.39, 0.29) is 5.54 Å². The first-order valence-electron chi connectivity index (χ1n) is 7.72. The van der Waals surface area contributed by atoms with Crippen LogP contribution in [0, 0.1) is 0 Å². The number of phenolic OH excluding ortho intramolecular Hbond substituents is 1. The zero-order valence-corrected chi connectivity index (χ0v) is 13.3. The van der Waals surface area contributed by atoms with Crippen LogP contribution in [0.1, 0.15) is 37.5 Å². The number of aliphatic hydroxyl groups excluding tert-OH is 1. The highest BCUT2D eigenvalue weighted by atomic mass is 16.3. The molecular weight excluding hydrogens is 274 g/mol.